The summed E-state index contributed by atoms with van der Waals surface area (Å²) in [5.41, 5.74) is 6.87. The number of hydrogen-bond acceptors (Lipinski definition) is 1. The first kappa shape index (κ1) is 15.2. The Morgan fingerprint density at radius 1 is 1.06 bits per heavy atom. The van der Waals surface area contributed by atoms with Crippen LogP contribution in [0.3, 0.4) is 0 Å². The average molecular weight is 231 g/mol. The van der Waals surface area contributed by atoms with Crippen molar-refractivity contribution in [1.82, 2.24) is 0 Å². The molecule has 0 saturated heterocycles. The monoisotopic (exact) mass is 231 g/mol. The summed E-state index contributed by atoms with van der Waals surface area (Å²) in [5, 5.41) is 2.71. The third kappa shape index (κ3) is 4.68. The van der Waals surface area contributed by atoms with Gasteiger partial charge < -0.3 is 5.73 Å². The van der Waals surface area contributed by atoms with Gasteiger partial charge in [0.2, 0.25) is 6.41 Å². The Balaban J connectivity index is 0.000000450. The molecular formula is C15H21NO. The predicted molar refractivity (Wildman–Crippen MR) is 75.0 cm³/mol. The summed E-state index contributed by atoms with van der Waals surface area (Å²) >= 11 is 0. The molecular weight excluding hydrogens is 210 g/mol. The summed E-state index contributed by atoms with van der Waals surface area (Å²) in [5.74, 6) is 0. The van der Waals surface area contributed by atoms with Crippen molar-refractivity contribution < 1.29 is 4.79 Å². The Morgan fingerprint density at radius 2 is 1.59 bits per heavy atom. The van der Waals surface area contributed by atoms with Crippen molar-refractivity contribution >= 4 is 17.2 Å². The fourth-order valence-electron chi connectivity index (χ4n) is 1.69. The van der Waals surface area contributed by atoms with Crippen LogP contribution < -0.4 is 5.73 Å². The van der Waals surface area contributed by atoms with Crippen molar-refractivity contribution in [1.29, 1.82) is 0 Å². The van der Waals surface area contributed by atoms with Crippen LogP contribution >= 0.6 is 0 Å². The third-order valence-electron chi connectivity index (χ3n) is 2.21. The van der Waals surface area contributed by atoms with Crippen molar-refractivity contribution in [3.8, 4) is 0 Å². The van der Waals surface area contributed by atoms with Gasteiger partial charge in [0.15, 0.2) is 0 Å². The van der Waals surface area contributed by atoms with Crippen LogP contribution in [0.5, 0.6) is 0 Å². The zero-order valence-electron chi connectivity index (χ0n) is 11.0. The van der Waals surface area contributed by atoms with E-state index >= 15 is 0 Å². The fourth-order valence-corrected chi connectivity index (χ4v) is 1.69. The lowest BCUT2D eigenvalue weighted by atomic mass is 10.0. The van der Waals surface area contributed by atoms with Gasteiger partial charge in [-0.3, -0.25) is 4.79 Å². The zero-order chi connectivity index (χ0) is 13.3. The minimum absolute atomic E-state index is 0.250. The number of primary amides is 1. The Kier molecular flexibility index (Phi) is 7.44. The molecule has 2 rings (SSSR count). The number of nitrogens with two attached hydrogens (primary N) is 1. The number of hydrogen-bond donors (Lipinski definition) is 1. The highest BCUT2D eigenvalue weighted by atomic mass is 16.1. The van der Waals surface area contributed by atoms with Crippen LogP contribution in [0, 0.1) is 13.8 Å². The van der Waals surface area contributed by atoms with Gasteiger partial charge in [0.1, 0.15) is 0 Å². The molecule has 0 unspecified atom stereocenters. The van der Waals surface area contributed by atoms with Gasteiger partial charge >= 0.3 is 0 Å². The summed E-state index contributed by atoms with van der Waals surface area (Å²) < 4.78 is 0. The standard InChI is InChI=1S/C12H12.C2H6.CH3NO/c1-9-7-10(2)12-6-4-3-5-11(12)8-9;1-2;2-1-3/h3-8H,1-2H3;1-2H3;1H,(H2,2,3). The van der Waals surface area contributed by atoms with Crippen LogP contribution in [0.25, 0.3) is 10.8 Å². The van der Waals surface area contributed by atoms with E-state index in [0.29, 0.717) is 0 Å². The van der Waals surface area contributed by atoms with E-state index in [0.717, 1.165) is 0 Å². The van der Waals surface area contributed by atoms with Crippen molar-refractivity contribution in [2.45, 2.75) is 27.7 Å². The molecule has 0 aliphatic rings. The quantitative estimate of drug-likeness (QED) is 0.692. The SMILES string of the molecule is CC.Cc1cc(C)c2ccccc2c1.NC=O. The van der Waals surface area contributed by atoms with Crippen LogP contribution in [-0.4, -0.2) is 6.41 Å². The Bertz CT molecular complexity index is 463. The second kappa shape index (κ2) is 8.34. The Morgan fingerprint density at radius 3 is 2.18 bits per heavy atom. The maximum absolute atomic E-state index is 8.58. The lowest BCUT2D eigenvalue weighted by Gasteiger charge is -2.02. The highest BCUT2D eigenvalue weighted by molar-refractivity contribution is 5.86. The molecule has 17 heavy (non-hydrogen) atoms. The molecule has 2 heteroatoms. The highest BCUT2D eigenvalue weighted by Crippen LogP contribution is 2.19. The smallest absolute Gasteiger partial charge is 0.204 e. The van der Waals surface area contributed by atoms with Gasteiger partial charge in [0.25, 0.3) is 0 Å². The molecule has 2 aromatic carbocycles. The minimum atomic E-state index is 0.250. The average Bonchev–Trinajstić information content (AvgIpc) is 2.32. The molecule has 0 heterocycles. The number of benzene rings is 2. The van der Waals surface area contributed by atoms with E-state index in [1.807, 2.05) is 13.8 Å². The van der Waals surface area contributed by atoms with E-state index in [4.69, 9.17) is 4.79 Å². The molecule has 0 aliphatic carbocycles. The molecule has 0 aliphatic heterocycles. The van der Waals surface area contributed by atoms with Crippen molar-refractivity contribution in [2.24, 2.45) is 5.73 Å². The van der Waals surface area contributed by atoms with Crippen LogP contribution in [0.4, 0.5) is 0 Å². The summed E-state index contributed by atoms with van der Waals surface area (Å²) in [6, 6.07) is 13.0. The van der Waals surface area contributed by atoms with Crippen LogP contribution in [0.2, 0.25) is 0 Å². The van der Waals surface area contributed by atoms with Gasteiger partial charge in [0.05, 0.1) is 0 Å². The first-order chi connectivity index (χ1) is 8.19. The van der Waals surface area contributed by atoms with E-state index in [2.05, 4.69) is 56.0 Å². The molecule has 2 aromatic rings. The van der Waals surface area contributed by atoms with Crippen LogP contribution in [0.15, 0.2) is 36.4 Å². The molecule has 1 amide bonds. The number of carbonyl (C=O) groups excluding carboxylic acids is 1. The molecule has 92 valence electrons. The Hall–Kier alpha value is -1.83. The maximum Gasteiger partial charge on any atom is 0.204 e. The number of carbonyl (C=O) groups is 1. The highest BCUT2D eigenvalue weighted by Gasteiger charge is 1.95. The summed E-state index contributed by atoms with van der Waals surface area (Å²) in [4.78, 5) is 8.58. The molecule has 0 fully saturated rings. The predicted octanol–water partition coefficient (Wildman–Crippen LogP) is 3.58. The molecule has 0 bridgehead atoms. The van der Waals surface area contributed by atoms with Gasteiger partial charge in [-0.25, -0.2) is 0 Å². The lowest BCUT2D eigenvalue weighted by molar-refractivity contribution is -0.106. The molecule has 0 atom stereocenters. The third-order valence-corrected chi connectivity index (χ3v) is 2.21. The number of rotatable bonds is 0. The minimum Gasteiger partial charge on any atom is -0.372 e. The topological polar surface area (TPSA) is 43.1 Å². The van der Waals surface area contributed by atoms with E-state index in [9.17, 15) is 0 Å². The van der Waals surface area contributed by atoms with E-state index in [1.165, 1.54) is 21.9 Å². The first-order valence-corrected chi connectivity index (χ1v) is 5.80. The summed E-state index contributed by atoms with van der Waals surface area (Å²) in [6.07, 6.45) is 0.250. The van der Waals surface area contributed by atoms with Crippen molar-refractivity contribution in [3.05, 3.63) is 47.5 Å². The first-order valence-electron chi connectivity index (χ1n) is 5.80. The summed E-state index contributed by atoms with van der Waals surface area (Å²) in [6.45, 7) is 8.30. The summed E-state index contributed by atoms with van der Waals surface area (Å²) in [7, 11) is 0. The molecule has 0 spiro atoms. The van der Waals surface area contributed by atoms with E-state index < -0.39 is 0 Å². The zero-order valence-corrected chi connectivity index (χ0v) is 11.0. The van der Waals surface area contributed by atoms with Crippen LogP contribution in [0.1, 0.15) is 25.0 Å². The van der Waals surface area contributed by atoms with Gasteiger partial charge in [-0.2, -0.15) is 0 Å². The molecule has 0 radical (unpaired) electrons. The van der Waals surface area contributed by atoms with Gasteiger partial charge in [-0.05, 0) is 30.2 Å². The largest absolute Gasteiger partial charge is 0.372 e. The van der Waals surface area contributed by atoms with Crippen molar-refractivity contribution in [3.63, 3.8) is 0 Å². The Labute approximate surface area is 103 Å². The van der Waals surface area contributed by atoms with Crippen LogP contribution in [-0.2, 0) is 4.79 Å². The molecule has 0 saturated carbocycles. The van der Waals surface area contributed by atoms with Crippen molar-refractivity contribution in [2.75, 3.05) is 0 Å². The fraction of sp³-hybridized carbons (Fsp3) is 0.267. The molecule has 2 N–H and O–H groups in total. The van der Waals surface area contributed by atoms with E-state index in [1.54, 1.807) is 0 Å². The normalized spacial score (nSPS) is 8.47. The number of aryl methyl sites for hydroxylation is 2. The van der Waals surface area contributed by atoms with E-state index in [-0.39, 0.29) is 6.41 Å². The second-order valence-corrected chi connectivity index (χ2v) is 3.44. The van der Waals surface area contributed by atoms with Gasteiger partial charge in [-0.1, -0.05) is 55.8 Å². The second-order valence-electron chi connectivity index (χ2n) is 3.44. The molecule has 0 aromatic heterocycles. The number of amides is 1. The molecule has 2 nitrogen and oxygen atoms in total. The van der Waals surface area contributed by atoms with Gasteiger partial charge in [0, 0.05) is 0 Å². The lowest BCUT2D eigenvalue weighted by Crippen LogP contribution is -1.82. The van der Waals surface area contributed by atoms with Gasteiger partial charge in [-0.15, -0.1) is 0 Å². The number of fused-ring (bicyclic) bond motifs is 1. The maximum atomic E-state index is 8.58.